The van der Waals surface area contributed by atoms with Crippen molar-refractivity contribution in [2.24, 2.45) is 0 Å². The van der Waals surface area contributed by atoms with Crippen LogP contribution in [0.3, 0.4) is 0 Å². The molecule has 1 heterocycles. The molecule has 1 aromatic rings. The van der Waals surface area contributed by atoms with Crippen molar-refractivity contribution >= 4 is 17.5 Å². The Morgan fingerprint density at radius 3 is 2.75 bits per heavy atom. The molecule has 0 unspecified atom stereocenters. The zero-order valence-corrected chi connectivity index (χ0v) is 12.0. The van der Waals surface area contributed by atoms with Crippen molar-refractivity contribution < 1.29 is 15.0 Å². The Bertz CT molecular complexity index is 481. The van der Waals surface area contributed by atoms with Gasteiger partial charge in [-0.25, -0.2) is 0 Å². The predicted octanol–water partition coefficient (Wildman–Crippen LogP) is 1.19. The van der Waals surface area contributed by atoms with Gasteiger partial charge in [0.2, 0.25) is 0 Å². The summed E-state index contributed by atoms with van der Waals surface area (Å²) in [5.74, 6) is -0.0917. The third-order valence-corrected chi connectivity index (χ3v) is 3.79. The second kappa shape index (κ2) is 6.92. The first-order valence-electron chi connectivity index (χ1n) is 6.73. The number of phenols is 1. The summed E-state index contributed by atoms with van der Waals surface area (Å²) in [5, 5.41) is 18.5. The number of hydrogen-bond donors (Lipinski definition) is 2. The van der Waals surface area contributed by atoms with Crippen LogP contribution in [0.15, 0.2) is 18.2 Å². The highest BCUT2D eigenvalue weighted by molar-refractivity contribution is 6.32. The van der Waals surface area contributed by atoms with E-state index in [4.69, 9.17) is 16.7 Å². The molecule has 0 spiro atoms. The average molecular weight is 299 g/mol. The van der Waals surface area contributed by atoms with Crippen LogP contribution in [0.1, 0.15) is 16.8 Å². The van der Waals surface area contributed by atoms with Crippen LogP contribution in [0.4, 0.5) is 0 Å². The van der Waals surface area contributed by atoms with Gasteiger partial charge in [0.1, 0.15) is 5.75 Å². The van der Waals surface area contributed by atoms with E-state index in [0.717, 1.165) is 19.5 Å². The molecule has 6 heteroatoms. The Balaban J connectivity index is 2.03. The van der Waals surface area contributed by atoms with Crippen LogP contribution < -0.4 is 0 Å². The number of benzene rings is 1. The molecule has 110 valence electrons. The highest BCUT2D eigenvalue weighted by Gasteiger charge is 2.20. The maximum Gasteiger partial charge on any atom is 0.253 e. The van der Waals surface area contributed by atoms with Crippen molar-refractivity contribution in [3.05, 3.63) is 28.8 Å². The minimum absolute atomic E-state index is 0.0202. The first-order chi connectivity index (χ1) is 9.61. The SMILES string of the molecule is O=C(c1ccc(O)c(Cl)c1)N1CCCN(CCO)CC1. The maximum atomic E-state index is 12.4. The molecule has 2 rings (SSSR count). The van der Waals surface area contributed by atoms with Gasteiger partial charge in [0.05, 0.1) is 11.6 Å². The summed E-state index contributed by atoms with van der Waals surface area (Å²) in [6.07, 6.45) is 0.886. The number of β-amino-alcohol motifs (C(OH)–C–C–N with tert-alkyl or cyclic N) is 1. The second-order valence-corrected chi connectivity index (χ2v) is 5.28. The molecule has 1 aliphatic heterocycles. The number of phenolic OH excluding ortho intramolecular Hbond substituents is 1. The predicted molar refractivity (Wildman–Crippen MR) is 77.2 cm³/mol. The van der Waals surface area contributed by atoms with E-state index in [0.29, 0.717) is 25.2 Å². The molecule has 1 amide bonds. The molecule has 0 saturated carbocycles. The monoisotopic (exact) mass is 298 g/mol. The van der Waals surface area contributed by atoms with Gasteiger partial charge in [0.25, 0.3) is 5.91 Å². The fraction of sp³-hybridized carbons (Fsp3) is 0.500. The third-order valence-electron chi connectivity index (χ3n) is 3.49. The summed E-state index contributed by atoms with van der Waals surface area (Å²) >= 11 is 5.84. The zero-order chi connectivity index (χ0) is 14.5. The quantitative estimate of drug-likeness (QED) is 0.880. The molecule has 1 aromatic carbocycles. The molecule has 0 aromatic heterocycles. The van der Waals surface area contributed by atoms with Crippen LogP contribution in [0.5, 0.6) is 5.75 Å². The zero-order valence-electron chi connectivity index (χ0n) is 11.3. The minimum atomic E-state index is -0.0715. The summed E-state index contributed by atoms with van der Waals surface area (Å²) in [6, 6.07) is 4.51. The van der Waals surface area contributed by atoms with Gasteiger partial charge in [-0.05, 0) is 31.2 Å². The molecule has 0 atom stereocenters. The van der Waals surface area contributed by atoms with E-state index < -0.39 is 0 Å². The molecule has 1 saturated heterocycles. The lowest BCUT2D eigenvalue weighted by atomic mass is 10.2. The topological polar surface area (TPSA) is 64.0 Å². The van der Waals surface area contributed by atoms with E-state index in [1.807, 2.05) is 0 Å². The number of carbonyl (C=O) groups is 1. The van der Waals surface area contributed by atoms with E-state index in [1.54, 1.807) is 11.0 Å². The van der Waals surface area contributed by atoms with Gasteiger partial charge in [0, 0.05) is 31.7 Å². The second-order valence-electron chi connectivity index (χ2n) is 4.88. The molecular weight excluding hydrogens is 280 g/mol. The van der Waals surface area contributed by atoms with Crippen LogP contribution in [-0.2, 0) is 0 Å². The summed E-state index contributed by atoms with van der Waals surface area (Å²) in [6.45, 7) is 3.77. The van der Waals surface area contributed by atoms with E-state index in [2.05, 4.69) is 4.90 Å². The number of rotatable bonds is 3. The number of carbonyl (C=O) groups excluding carboxylic acids is 1. The standard InChI is InChI=1S/C14H19ClN2O3/c15-12-10-11(2-3-13(12)19)14(20)17-5-1-4-16(6-7-17)8-9-18/h2-3,10,18-19H,1,4-9H2. The molecule has 5 nitrogen and oxygen atoms in total. The highest BCUT2D eigenvalue weighted by atomic mass is 35.5. The van der Waals surface area contributed by atoms with Crippen LogP contribution in [0, 0.1) is 0 Å². The van der Waals surface area contributed by atoms with Crippen molar-refractivity contribution in [3.8, 4) is 5.75 Å². The summed E-state index contributed by atoms with van der Waals surface area (Å²) in [5.41, 5.74) is 0.489. The van der Waals surface area contributed by atoms with Gasteiger partial charge in [-0.2, -0.15) is 0 Å². The number of hydrogen-bond acceptors (Lipinski definition) is 4. The average Bonchev–Trinajstić information content (AvgIpc) is 2.67. The van der Waals surface area contributed by atoms with Gasteiger partial charge in [0.15, 0.2) is 0 Å². The number of aromatic hydroxyl groups is 1. The van der Waals surface area contributed by atoms with Gasteiger partial charge in [-0.3, -0.25) is 9.69 Å². The minimum Gasteiger partial charge on any atom is -0.506 e. The Morgan fingerprint density at radius 1 is 1.25 bits per heavy atom. The Hall–Kier alpha value is -1.30. The molecule has 1 aliphatic rings. The number of aliphatic hydroxyl groups excluding tert-OH is 1. The van der Waals surface area contributed by atoms with E-state index >= 15 is 0 Å². The van der Waals surface area contributed by atoms with Crippen molar-refractivity contribution in [1.29, 1.82) is 0 Å². The number of nitrogens with zero attached hydrogens (tertiary/aromatic N) is 2. The molecule has 0 radical (unpaired) electrons. The molecule has 1 fully saturated rings. The lowest BCUT2D eigenvalue weighted by Crippen LogP contribution is -2.35. The van der Waals surface area contributed by atoms with Crippen LogP contribution in [0.25, 0.3) is 0 Å². The van der Waals surface area contributed by atoms with Gasteiger partial charge in [-0.1, -0.05) is 11.6 Å². The lowest BCUT2D eigenvalue weighted by Gasteiger charge is -2.21. The van der Waals surface area contributed by atoms with Crippen molar-refractivity contribution in [1.82, 2.24) is 9.80 Å². The van der Waals surface area contributed by atoms with Crippen LogP contribution in [-0.4, -0.2) is 65.3 Å². The number of amides is 1. The Labute approximate surface area is 123 Å². The number of halogens is 1. The van der Waals surface area contributed by atoms with Crippen LogP contribution in [0.2, 0.25) is 5.02 Å². The summed E-state index contributed by atoms with van der Waals surface area (Å²) in [4.78, 5) is 16.3. The molecule has 0 aliphatic carbocycles. The van der Waals surface area contributed by atoms with Crippen LogP contribution >= 0.6 is 11.6 Å². The normalized spacial score (nSPS) is 17.0. The Kier molecular flexibility index (Phi) is 5.23. The molecule has 20 heavy (non-hydrogen) atoms. The van der Waals surface area contributed by atoms with Crippen molar-refractivity contribution in [2.45, 2.75) is 6.42 Å². The molecular formula is C14H19ClN2O3. The van der Waals surface area contributed by atoms with Crippen molar-refractivity contribution in [2.75, 3.05) is 39.3 Å². The summed E-state index contributed by atoms with van der Waals surface area (Å²) < 4.78 is 0. The van der Waals surface area contributed by atoms with E-state index in [1.165, 1.54) is 12.1 Å². The largest absolute Gasteiger partial charge is 0.506 e. The first-order valence-corrected chi connectivity index (χ1v) is 7.10. The molecule has 0 bridgehead atoms. The Morgan fingerprint density at radius 2 is 2.05 bits per heavy atom. The summed E-state index contributed by atoms with van der Waals surface area (Å²) in [7, 11) is 0. The van der Waals surface area contributed by atoms with Gasteiger partial charge in [-0.15, -0.1) is 0 Å². The third kappa shape index (κ3) is 3.62. The van der Waals surface area contributed by atoms with E-state index in [9.17, 15) is 9.90 Å². The van der Waals surface area contributed by atoms with Gasteiger partial charge < -0.3 is 15.1 Å². The van der Waals surface area contributed by atoms with Gasteiger partial charge >= 0.3 is 0 Å². The van der Waals surface area contributed by atoms with Crippen molar-refractivity contribution in [3.63, 3.8) is 0 Å². The first kappa shape index (κ1) is 15.1. The van der Waals surface area contributed by atoms with E-state index in [-0.39, 0.29) is 23.3 Å². The fourth-order valence-corrected chi connectivity index (χ4v) is 2.54. The number of aliphatic hydroxyl groups is 1. The smallest absolute Gasteiger partial charge is 0.253 e. The fourth-order valence-electron chi connectivity index (χ4n) is 2.36. The lowest BCUT2D eigenvalue weighted by molar-refractivity contribution is 0.0760. The highest BCUT2D eigenvalue weighted by Crippen LogP contribution is 2.24. The maximum absolute atomic E-state index is 12.4. The molecule has 2 N–H and O–H groups in total.